The lowest BCUT2D eigenvalue weighted by molar-refractivity contribution is 1.07. The van der Waals surface area contributed by atoms with E-state index in [2.05, 4.69) is 9.97 Å². The molecule has 7 aromatic carbocycles. The van der Waals surface area contributed by atoms with Gasteiger partial charge >= 0.3 is 0 Å². The molecule has 0 radical (unpaired) electrons. The maximum atomic E-state index is 9.22. The number of aromatic nitrogens is 3. The highest BCUT2D eigenvalue weighted by atomic mass is 32.1. The zero-order valence-electron chi connectivity index (χ0n) is 40.3. The highest BCUT2D eigenvalue weighted by molar-refractivity contribution is 7.25. The lowest BCUT2D eigenvalue weighted by Gasteiger charge is -2.10. The molecule has 0 N–H and O–H groups in total. The number of fused-ring (bicyclic) bond motifs is 3. The summed E-state index contributed by atoms with van der Waals surface area (Å²) in [5.41, 5.74) is 0.794. The third-order valence-electron chi connectivity index (χ3n) is 7.84. The van der Waals surface area contributed by atoms with Gasteiger partial charge in [0.05, 0.1) is 20.6 Å². The van der Waals surface area contributed by atoms with Crippen molar-refractivity contribution in [2.24, 2.45) is 0 Å². The Hall–Kier alpha value is -6.23. The Morgan fingerprint density at radius 2 is 0.837 bits per heavy atom. The molecule has 0 bridgehead atoms. The molecule has 0 saturated heterocycles. The summed E-state index contributed by atoms with van der Waals surface area (Å²) in [5, 5.41) is -0.223. The first-order chi connectivity index (χ1) is 30.5. The summed E-state index contributed by atoms with van der Waals surface area (Å²) >= 11 is 0.786. The maximum Gasteiger partial charge on any atom is 0.164 e. The molecule has 9 aromatic rings. The van der Waals surface area contributed by atoms with Crippen molar-refractivity contribution in [2.45, 2.75) is 0 Å². The van der Waals surface area contributed by atoms with Gasteiger partial charge in [-0.15, -0.1) is 11.3 Å². The molecule has 0 saturated carbocycles. The van der Waals surface area contributed by atoms with Crippen LogP contribution in [-0.2, 0) is 0 Å². The second kappa shape index (κ2) is 12.4. The molecule has 0 unspecified atom stereocenters. The number of thiophene rings is 1. The highest BCUT2D eigenvalue weighted by Crippen LogP contribution is 2.40. The molecule has 49 heavy (non-hydrogen) atoms. The van der Waals surface area contributed by atoms with Crippen LogP contribution in [0, 0.1) is 0 Å². The van der Waals surface area contributed by atoms with Crippen molar-refractivity contribution in [3.05, 3.63) is 176 Å². The number of benzene rings is 7. The second-order valence-electron chi connectivity index (χ2n) is 10.9. The minimum Gasteiger partial charge on any atom is -0.208 e. The van der Waals surface area contributed by atoms with Gasteiger partial charge in [-0.2, -0.15) is 0 Å². The molecule has 0 aliphatic heterocycles. The largest absolute Gasteiger partial charge is 0.208 e. The van der Waals surface area contributed by atoms with E-state index in [0.29, 0.717) is 11.1 Å². The van der Waals surface area contributed by atoms with Gasteiger partial charge in [0.2, 0.25) is 0 Å². The van der Waals surface area contributed by atoms with Crippen LogP contribution in [0.25, 0.3) is 87.7 Å². The molecule has 9 rings (SSSR count). The Morgan fingerprint density at radius 3 is 1.49 bits per heavy atom. The van der Waals surface area contributed by atoms with Gasteiger partial charge in [-0.1, -0.05) is 163 Å². The molecule has 0 fully saturated rings. The monoisotopic (exact) mass is 658 g/mol. The van der Waals surface area contributed by atoms with Crippen LogP contribution in [0.15, 0.2) is 176 Å². The Kier molecular flexibility index (Phi) is 4.37. The minimum absolute atomic E-state index is 0.0125. The van der Waals surface area contributed by atoms with E-state index in [4.69, 9.17) is 14.6 Å². The van der Waals surface area contributed by atoms with Gasteiger partial charge in [-0.05, 0) is 45.5 Å². The average molecular weight is 659 g/mol. The number of hydrogen-bond acceptors (Lipinski definition) is 4. The molecule has 4 heteroatoms. The van der Waals surface area contributed by atoms with Crippen LogP contribution in [0.2, 0.25) is 0 Å². The molecule has 0 aliphatic carbocycles. The number of nitrogens with zero attached hydrogens (tertiary/aromatic N) is 3. The molecule has 0 aliphatic rings. The fourth-order valence-electron chi connectivity index (χ4n) is 5.43. The van der Waals surface area contributed by atoms with E-state index in [1.807, 2.05) is 60.7 Å². The zero-order valence-corrected chi connectivity index (χ0v) is 26.1. The summed E-state index contributed by atoms with van der Waals surface area (Å²) < 4.78 is 134. The van der Waals surface area contributed by atoms with E-state index in [1.165, 1.54) is 0 Å². The van der Waals surface area contributed by atoms with E-state index in [0.717, 1.165) is 22.5 Å². The summed E-state index contributed by atoms with van der Waals surface area (Å²) in [6.45, 7) is 0. The number of hydrogen-bond donors (Lipinski definition) is 0. The smallest absolute Gasteiger partial charge is 0.164 e. The van der Waals surface area contributed by atoms with Crippen LogP contribution in [0.1, 0.15) is 20.6 Å². The van der Waals surface area contributed by atoms with E-state index in [1.54, 1.807) is 24.3 Å². The van der Waals surface area contributed by atoms with Crippen LogP contribution < -0.4 is 0 Å². The van der Waals surface area contributed by atoms with Crippen LogP contribution in [-0.4, -0.2) is 15.0 Å². The molecule has 2 aromatic heterocycles. The maximum absolute atomic E-state index is 9.22. The summed E-state index contributed by atoms with van der Waals surface area (Å²) in [6.07, 6.45) is 0. The zero-order chi connectivity index (χ0) is 45.6. The van der Waals surface area contributed by atoms with Gasteiger partial charge in [0.25, 0.3) is 0 Å². The van der Waals surface area contributed by atoms with Crippen molar-refractivity contribution in [2.75, 3.05) is 0 Å². The first kappa shape index (κ1) is 17.3. The Balaban J connectivity index is 1.24. The van der Waals surface area contributed by atoms with E-state index < -0.39 is 107 Å². The van der Waals surface area contributed by atoms with E-state index in [-0.39, 0.29) is 48.8 Å². The quantitative estimate of drug-likeness (QED) is 0.178. The summed E-state index contributed by atoms with van der Waals surface area (Å²) in [5.74, 6) is 0.187. The van der Waals surface area contributed by atoms with Crippen LogP contribution >= 0.6 is 11.3 Å². The SMILES string of the molecule is [2H]c1c([2H])c(-c2c([2H])c([2H])c(-c3c([2H])c([2H])c([2H])c4sc5c([2H])c([2H])c([2H])c([2H])c5c34)c([2H])c2[2H])c([2H])c([2H])c1-c1nc(-c2ccccc2)nc(-c2ccc(-c3ccccc3)cc2)n1. The Bertz CT molecular complexity index is 3380. The highest BCUT2D eigenvalue weighted by Gasteiger charge is 2.14. The van der Waals surface area contributed by atoms with Gasteiger partial charge in [-0.25, -0.2) is 15.0 Å². The average Bonchev–Trinajstić information content (AvgIpc) is 3.71. The van der Waals surface area contributed by atoms with Crippen LogP contribution in [0.4, 0.5) is 0 Å². The fourth-order valence-corrected chi connectivity index (χ4v) is 6.40. The second-order valence-corrected chi connectivity index (χ2v) is 11.9. The van der Waals surface area contributed by atoms with Crippen molar-refractivity contribution >= 4 is 31.5 Å². The molecule has 230 valence electrons. The van der Waals surface area contributed by atoms with Gasteiger partial charge in [0.15, 0.2) is 17.5 Å². The van der Waals surface area contributed by atoms with E-state index >= 15 is 0 Å². The van der Waals surface area contributed by atoms with Gasteiger partial charge in [0, 0.05) is 36.9 Å². The summed E-state index contributed by atoms with van der Waals surface area (Å²) in [7, 11) is 0. The van der Waals surface area contributed by atoms with Crippen molar-refractivity contribution in [1.82, 2.24) is 15.0 Å². The molecular formula is C45H29N3S. The summed E-state index contributed by atoms with van der Waals surface area (Å²) in [4.78, 5) is 14.0. The predicted octanol–water partition coefficient (Wildman–Crippen LogP) is 12.2. The van der Waals surface area contributed by atoms with Crippen molar-refractivity contribution in [1.29, 1.82) is 0 Å². The number of rotatable bonds is 6. The summed E-state index contributed by atoms with van der Waals surface area (Å²) in [6, 6.07) is 16.4. The lowest BCUT2D eigenvalue weighted by Crippen LogP contribution is -2.00. The third kappa shape index (κ3) is 5.58. The molecule has 0 atom stereocenters. The van der Waals surface area contributed by atoms with Gasteiger partial charge < -0.3 is 0 Å². The lowest BCUT2D eigenvalue weighted by atomic mass is 9.96. The van der Waals surface area contributed by atoms with Gasteiger partial charge in [-0.3, -0.25) is 0 Å². The molecule has 3 nitrogen and oxygen atoms in total. The fraction of sp³-hybridized carbons (Fsp3) is 0. The molecule has 2 heterocycles. The third-order valence-corrected chi connectivity index (χ3v) is 8.86. The van der Waals surface area contributed by atoms with E-state index in [9.17, 15) is 11.0 Å². The molecule has 0 amide bonds. The first-order valence-electron chi connectivity index (χ1n) is 22.6. The van der Waals surface area contributed by atoms with Crippen molar-refractivity contribution in [3.8, 4) is 67.5 Å². The Labute approximate surface area is 310 Å². The minimum atomic E-state index is -0.798. The van der Waals surface area contributed by atoms with Crippen molar-refractivity contribution < 1.29 is 20.6 Å². The van der Waals surface area contributed by atoms with Crippen LogP contribution in [0.5, 0.6) is 0 Å². The standard InChI is InChI=1S/C45H29N3S/c1-3-10-30(11-4-1)31-20-26-36(27-21-31)44-46-43(35-12-5-2-6-13-35)47-45(48-44)37-28-22-33(23-29-37)32-18-24-34(25-19-32)38-15-9-17-41-42(38)39-14-7-8-16-40(39)49-41/h1-29H/i7D,8D,9D,14D,15D,16D,17D,18D,19D,22D,23D,24D,25D,28D,29D. The normalized spacial score (nSPS) is 15.6. The predicted molar refractivity (Wildman–Crippen MR) is 205 cm³/mol. The molecule has 0 spiro atoms. The van der Waals surface area contributed by atoms with Crippen molar-refractivity contribution in [3.63, 3.8) is 0 Å². The Morgan fingerprint density at radius 1 is 0.367 bits per heavy atom. The first-order valence-corrected chi connectivity index (χ1v) is 16.0. The topological polar surface area (TPSA) is 38.7 Å². The molecular weight excluding hydrogens is 615 g/mol. The van der Waals surface area contributed by atoms with Gasteiger partial charge in [0.1, 0.15) is 0 Å². The van der Waals surface area contributed by atoms with Crippen LogP contribution in [0.3, 0.4) is 0 Å².